The van der Waals surface area contributed by atoms with E-state index in [4.69, 9.17) is 4.98 Å². The van der Waals surface area contributed by atoms with Gasteiger partial charge in [0.15, 0.2) is 0 Å². The number of nitrogens with zero attached hydrogens (tertiary/aromatic N) is 1. The highest BCUT2D eigenvalue weighted by Gasteiger charge is 2.11. The quantitative estimate of drug-likeness (QED) is 0.305. The molecule has 1 heteroatoms. The Morgan fingerprint density at radius 3 is 2.29 bits per heavy atom. The molecule has 1 heterocycles. The summed E-state index contributed by atoms with van der Waals surface area (Å²) in [5.41, 5.74) is 6.13. The number of hydrogen-bond acceptors (Lipinski definition) is 1. The Labute approximate surface area is 124 Å². The third-order valence-electron chi connectivity index (χ3n) is 4.49. The summed E-state index contributed by atoms with van der Waals surface area (Å²) in [5.74, 6) is 0. The topological polar surface area (TPSA) is 12.9 Å². The first-order valence-electron chi connectivity index (χ1n) is 7.35. The lowest BCUT2D eigenvalue weighted by atomic mass is 9.96. The predicted octanol–water partition coefficient (Wildman–Crippen LogP) is 5.47. The van der Waals surface area contributed by atoms with Gasteiger partial charge in [-0.3, -0.25) is 0 Å². The van der Waals surface area contributed by atoms with E-state index >= 15 is 0 Å². The van der Waals surface area contributed by atoms with Crippen LogP contribution in [0.1, 0.15) is 16.7 Å². The third-order valence-corrected chi connectivity index (χ3v) is 4.49. The molecule has 0 aliphatic heterocycles. The fourth-order valence-electron chi connectivity index (χ4n) is 3.34. The second kappa shape index (κ2) is 4.29. The van der Waals surface area contributed by atoms with Gasteiger partial charge in [0.05, 0.1) is 11.0 Å². The highest BCUT2D eigenvalue weighted by Crippen LogP contribution is 2.33. The molecular weight excluding hydrogens is 254 g/mol. The number of fused-ring (bicyclic) bond motifs is 4. The van der Waals surface area contributed by atoms with E-state index in [0.29, 0.717) is 0 Å². The molecule has 0 amide bonds. The van der Waals surface area contributed by atoms with E-state index in [1.807, 2.05) is 0 Å². The molecular formula is C20H17N. The van der Waals surface area contributed by atoms with Crippen molar-refractivity contribution in [2.45, 2.75) is 20.8 Å². The Hall–Kier alpha value is -2.41. The molecule has 0 saturated heterocycles. The minimum Gasteiger partial charge on any atom is -0.247 e. The first-order valence-corrected chi connectivity index (χ1v) is 7.35. The second-order valence-electron chi connectivity index (χ2n) is 5.84. The van der Waals surface area contributed by atoms with Crippen LogP contribution in [-0.2, 0) is 0 Å². The zero-order valence-electron chi connectivity index (χ0n) is 12.6. The van der Waals surface area contributed by atoms with Gasteiger partial charge >= 0.3 is 0 Å². The molecule has 0 N–H and O–H groups in total. The van der Waals surface area contributed by atoms with Crippen LogP contribution >= 0.6 is 0 Å². The Morgan fingerprint density at radius 1 is 0.667 bits per heavy atom. The second-order valence-corrected chi connectivity index (χ2v) is 5.84. The minimum atomic E-state index is 1.12. The Morgan fingerprint density at radius 2 is 1.43 bits per heavy atom. The molecule has 0 fully saturated rings. The normalized spacial score (nSPS) is 11.6. The van der Waals surface area contributed by atoms with E-state index in [0.717, 1.165) is 11.0 Å². The lowest BCUT2D eigenvalue weighted by Gasteiger charge is -2.13. The molecule has 4 rings (SSSR count). The van der Waals surface area contributed by atoms with E-state index in [9.17, 15) is 0 Å². The largest absolute Gasteiger partial charge is 0.247 e. The van der Waals surface area contributed by atoms with Crippen LogP contribution in [0.15, 0.2) is 48.5 Å². The van der Waals surface area contributed by atoms with Crippen LogP contribution in [0.4, 0.5) is 0 Å². The smallest absolute Gasteiger partial charge is 0.0790 e. The SMILES string of the molecule is Cc1ccc(C)c2c(C)c3ccc4ccccc4c3nc12. The average Bonchev–Trinajstić information content (AvgIpc) is 2.51. The fraction of sp³-hybridized carbons (Fsp3) is 0.150. The van der Waals surface area contributed by atoms with Gasteiger partial charge in [-0.1, -0.05) is 48.5 Å². The van der Waals surface area contributed by atoms with Crippen molar-refractivity contribution in [3.63, 3.8) is 0 Å². The van der Waals surface area contributed by atoms with Gasteiger partial charge in [0.2, 0.25) is 0 Å². The van der Waals surface area contributed by atoms with Gasteiger partial charge in [0, 0.05) is 16.2 Å². The summed E-state index contributed by atoms with van der Waals surface area (Å²) in [6.45, 7) is 6.53. The first-order chi connectivity index (χ1) is 10.2. The number of benzene rings is 3. The zero-order valence-corrected chi connectivity index (χ0v) is 12.6. The van der Waals surface area contributed by atoms with Crippen molar-refractivity contribution in [2.75, 3.05) is 0 Å². The molecule has 21 heavy (non-hydrogen) atoms. The summed E-state index contributed by atoms with van der Waals surface area (Å²) >= 11 is 0. The lowest BCUT2D eigenvalue weighted by Crippen LogP contribution is -1.93. The van der Waals surface area contributed by atoms with Gasteiger partial charge in [-0.05, 0) is 42.8 Å². The molecule has 0 aliphatic rings. The number of rotatable bonds is 0. The fourth-order valence-corrected chi connectivity index (χ4v) is 3.34. The van der Waals surface area contributed by atoms with Crippen LogP contribution < -0.4 is 0 Å². The van der Waals surface area contributed by atoms with E-state index < -0.39 is 0 Å². The first kappa shape index (κ1) is 12.3. The van der Waals surface area contributed by atoms with E-state index in [1.54, 1.807) is 0 Å². The van der Waals surface area contributed by atoms with Crippen LogP contribution in [-0.4, -0.2) is 4.98 Å². The van der Waals surface area contributed by atoms with Crippen molar-refractivity contribution < 1.29 is 0 Å². The average molecular weight is 271 g/mol. The zero-order chi connectivity index (χ0) is 14.6. The molecule has 0 unspecified atom stereocenters. The van der Waals surface area contributed by atoms with Gasteiger partial charge in [0.1, 0.15) is 0 Å². The maximum absolute atomic E-state index is 5.03. The van der Waals surface area contributed by atoms with Gasteiger partial charge in [-0.2, -0.15) is 0 Å². The summed E-state index contributed by atoms with van der Waals surface area (Å²) in [4.78, 5) is 5.03. The Bertz CT molecular complexity index is 1010. The number of aryl methyl sites for hydroxylation is 3. The monoisotopic (exact) mass is 271 g/mol. The minimum absolute atomic E-state index is 1.12. The highest BCUT2D eigenvalue weighted by atomic mass is 14.7. The van der Waals surface area contributed by atoms with Crippen LogP contribution in [0, 0.1) is 20.8 Å². The molecule has 3 aromatic carbocycles. The van der Waals surface area contributed by atoms with Crippen LogP contribution in [0.5, 0.6) is 0 Å². The van der Waals surface area contributed by atoms with Gasteiger partial charge in [-0.15, -0.1) is 0 Å². The predicted molar refractivity (Wildman–Crippen MR) is 91.0 cm³/mol. The summed E-state index contributed by atoms with van der Waals surface area (Å²) in [7, 11) is 0. The molecule has 1 nitrogen and oxygen atoms in total. The molecule has 0 aliphatic carbocycles. The van der Waals surface area contributed by atoms with Crippen molar-refractivity contribution in [1.29, 1.82) is 0 Å². The van der Waals surface area contributed by atoms with Gasteiger partial charge in [-0.25, -0.2) is 4.98 Å². The molecule has 102 valence electrons. The molecule has 4 aromatic rings. The van der Waals surface area contributed by atoms with E-state index in [2.05, 4.69) is 69.3 Å². The van der Waals surface area contributed by atoms with Crippen LogP contribution in [0.25, 0.3) is 32.6 Å². The number of pyridine rings is 1. The van der Waals surface area contributed by atoms with Crippen molar-refractivity contribution in [3.05, 3.63) is 65.2 Å². The summed E-state index contributed by atoms with van der Waals surface area (Å²) in [6.07, 6.45) is 0. The van der Waals surface area contributed by atoms with Gasteiger partial charge < -0.3 is 0 Å². The number of hydrogen-bond donors (Lipinski definition) is 0. The maximum atomic E-state index is 5.03. The third kappa shape index (κ3) is 1.67. The van der Waals surface area contributed by atoms with Crippen LogP contribution in [0.2, 0.25) is 0 Å². The molecule has 0 spiro atoms. The number of aromatic nitrogens is 1. The summed E-state index contributed by atoms with van der Waals surface area (Å²) in [6, 6.07) is 17.3. The van der Waals surface area contributed by atoms with Crippen molar-refractivity contribution in [2.24, 2.45) is 0 Å². The highest BCUT2D eigenvalue weighted by molar-refractivity contribution is 6.11. The standard InChI is InChI=1S/C20H17N/c1-12-8-9-13(2)19-18(12)14(3)16-11-10-15-6-4-5-7-17(15)20(16)21-19/h4-11H,1-3H3. The molecule has 0 atom stereocenters. The van der Waals surface area contributed by atoms with Crippen molar-refractivity contribution >= 4 is 32.6 Å². The molecule has 0 saturated carbocycles. The Balaban J connectivity index is 2.34. The summed E-state index contributed by atoms with van der Waals surface area (Å²) < 4.78 is 0. The van der Waals surface area contributed by atoms with E-state index in [-0.39, 0.29) is 0 Å². The van der Waals surface area contributed by atoms with Crippen molar-refractivity contribution in [3.8, 4) is 0 Å². The molecule has 0 bridgehead atoms. The van der Waals surface area contributed by atoms with E-state index in [1.165, 1.54) is 38.2 Å². The molecule has 1 aromatic heterocycles. The van der Waals surface area contributed by atoms with Crippen molar-refractivity contribution in [1.82, 2.24) is 4.98 Å². The summed E-state index contributed by atoms with van der Waals surface area (Å²) in [5, 5.41) is 5.05. The van der Waals surface area contributed by atoms with Crippen LogP contribution in [0.3, 0.4) is 0 Å². The van der Waals surface area contributed by atoms with Gasteiger partial charge in [0.25, 0.3) is 0 Å². The molecule has 0 radical (unpaired) electrons. The lowest BCUT2D eigenvalue weighted by molar-refractivity contribution is 1.37. The Kier molecular flexibility index (Phi) is 2.52. The maximum Gasteiger partial charge on any atom is 0.0790 e.